The van der Waals surface area contributed by atoms with E-state index < -0.39 is 28.5 Å². The third-order valence-corrected chi connectivity index (χ3v) is 6.60. The van der Waals surface area contributed by atoms with Crippen LogP contribution in [0.1, 0.15) is 32.3 Å². The molecule has 1 atom stereocenters. The monoisotopic (exact) mass is 523 g/mol. The summed E-state index contributed by atoms with van der Waals surface area (Å²) in [6.07, 6.45) is 2.84. The number of carbonyl (C=O) groups is 2. The van der Waals surface area contributed by atoms with Crippen molar-refractivity contribution in [3.8, 4) is 0 Å². The van der Waals surface area contributed by atoms with Gasteiger partial charge in [0.1, 0.15) is 12.6 Å². The Balaban J connectivity index is 2.31. The van der Waals surface area contributed by atoms with Crippen LogP contribution in [0.15, 0.2) is 59.1 Å². The van der Waals surface area contributed by atoms with Crippen LogP contribution in [0.25, 0.3) is 0 Å². The predicted molar refractivity (Wildman–Crippen MR) is 131 cm³/mol. The summed E-state index contributed by atoms with van der Waals surface area (Å²) in [5.41, 5.74) is 1.22. The Morgan fingerprint density at radius 3 is 2.38 bits per heavy atom. The molecule has 2 amide bonds. The number of carbonyl (C=O) groups excluding carboxylic acids is 2. The van der Waals surface area contributed by atoms with E-state index in [1.807, 2.05) is 31.2 Å². The lowest BCUT2D eigenvalue weighted by atomic mass is 10.1. The summed E-state index contributed by atoms with van der Waals surface area (Å²) in [6.45, 7) is 3.99. The van der Waals surface area contributed by atoms with Crippen molar-refractivity contribution in [2.24, 2.45) is 0 Å². The molecule has 174 valence electrons. The first-order valence-corrected chi connectivity index (χ1v) is 13.1. The topological polar surface area (TPSA) is 86.8 Å². The standard InChI is InChI=1S/C23H30BrN3O4S/c1-4-5-14-25-23(29)18(2)26(16-19-10-9-11-20(24)15-19)22(28)17-27(32(3,30)31)21-12-7-6-8-13-21/h6-13,15,18H,4-5,14,16-17H2,1-3H3,(H,25,29)/t18-/m0/s1. The summed E-state index contributed by atoms with van der Waals surface area (Å²) in [5.74, 6) is -0.732. The van der Waals surface area contributed by atoms with E-state index in [0.717, 1.165) is 33.4 Å². The fraction of sp³-hybridized carbons (Fsp3) is 0.391. The Bertz CT molecular complexity index is 1010. The molecule has 0 spiro atoms. The van der Waals surface area contributed by atoms with Crippen LogP contribution in [0.3, 0.4) is 0 Å². The van der Waals surface area contributed by atoms with Crippen LogP contribution < -0.4 is 9.62 Å². The van der Waals surface area contributed by atoms with Gasteiger partial charge in [0.2, 0.25) is 21.8 Å². The van der Waals surface area contributed by atoms with Crippen molar-refractivity contribution >= 4 is 43.5 Å². The average Bonchev–Trinajstić information content (AvgIpc) is 2.75. The van der Waals surface area contributed by atoms with Crippen molar-refractivity contribution in [1.29, 1.82) is 0 Å². The normalized spacial score (nSPS) is 12.1. The Labute approximate surface area is 199 Å². The van der Waals surface area contributed by atoms with Crippen molar-refractivity contribution in [3.05, 3.63) is 64.6 Å². The zero-order valence-corrected chi connectivity index (χ0v) is 21.0. The SMILES string of the molecule is CCCCNC(=O)[C@H](C)N(Cc1cccc(Br)c1)C(=O)CN(c1ccccc1)S(C)(=O)=O. The number of nitrogens with zero attached hydrogens (tertiary/aromatic N) is 2. The van der Waals surface area contributed by atoms with Gasteiger partial charge in [0.05, 0.1) is 11.9 Å². The fourth-order valence-electron chi connectivity index (χ4n) is 3.16. The highest BCUT2D eigenvalue weighted by molar-refractivity contribution is 9.10. The van der Waals surface area contributed by atoms with Crippen LogP contribution in [0, 0.1) is 0 Å². The molecule has 0 aliphatic carbocycles. The van der Waals surface area contributed by atoms with E-state index in [2.05, 4.69) is 21.2 Å². The fourth-order valence-corrected chi connectivity index (χ4v) is 4.45. The molecule has 0 bridgehead atoms. The molecule has 0 aromatic heterocycles. The Morgan fingerprint density at radius 1 is 1.09 bits per heavy atom. The summed E-state index contributed by atoms with van der Waals surface area (Å²) in [5, 5.41) is 2.86. The molecule has 0 aliphatic heterocycles. The number of unbranched alkanes of at least 4 members (excludes halogenated alkanes) is 1. The van der Waals surface area contributed by atoms with Crippen LogP contribution in [0.2, 0.25) is 0 Å². The molecule has 0 fully saturated rings. The molecular formula is C23H30BrN3O4S. The minimum absolute atomic E-state index is 0.174. The molecule has 2 rings (SSSR count). The summed E-state index contributed by atoms with van der Waals surface area (Å²) >= 11 is 3.42. The zero-order valence-electron chi connectivity index (χ0n) is 18.6. The van der Waals surface area contributed by atoms with Crippen LogP contribution in [0.5, 0.6) is 0 Å². The van der Waals surface area contributed by atoms with Gasteiger partial charge in [0.25, 0.3) is 0 Å². The average molecular weight is 524 g/mol. The summed E-state index contributed by atoms with van der Waals surface area (Å²) in [7, 11) is -3.71. The van der Waals surface area contributed by atoms with Gasteiger partial charge in [-0.3, -0.25) is 13.9 Å². The molecule has 9 heteroatoms. The second-order valence-electron chi connectivity index (χ2n) is 7.58. The quantitative estimate of drug-likeness (QED) is 0.456. The van der Waals surface area contributed by atoms with E-state index in [0.29, 0.717) is 12.2 Å². The van der Waals surface area contributed by atoms with E-state index in [1.54, 1.807) is 37.3 Å². The van der Waals surface area contributed by atoms with Crippen LogP contribution >= 0.6 is 15.9 Å². The van der Waals surface area contributed by atoms with Gasteiger partial charge in [-0.05, 0) is 43.2 Å². The maximum Gasteiger partial charge on any atom is 0.244 e. The van der Waals surface area contributed by atoms with Crippen molar-refractivity contribution in [2.75, 3.05) is 23.7 Å². The second kappa shape index (κ2) is 12.0. The Morgan fingerprint density at radius 2 is 1.78 bits per heavy atom. The number of sulfonamides is 1. The molecule has 32 heavy (non-hydrogen) atoms. The zero-order chi connectivity index (χ0) is 23.7. The van der Waals surface area contributed by atoms with Crippen LogP contribution in [-0.4, -0.2) is 50.5 Å². The molecule has 2 aromatic carbocycles. The van der Waals surface area contributed by atoms with Gasteiger partial charge in [0.15, 0.2) is 0 Å². The number of halogens is 1. The number of hydrogen-bond donors (Lipinski definition) is 1. The molecule has 0 aliphatic rings. The van der Waals surface area contributed by atoms with Crippen molar-refractivity contribution in [1.82, 2.24) is 10.2 Å². The first-order valence-electron chi connectivity index (χ1n) is 10.5. The molecule has 7 nitrogen and oxygen atoms in total. The van der Waals surface area contributed by atoms with Gasteiger partial charge in [0, 0.05) is 17.6 Å². The van der Waals surface area contributed by atoms with Crippen molar-refractivity contribution < 1.29 is 18.0 Å². The summed E-state index contributed by atoms with van der Waals surface area (Å²) in [4.78, 5) is 27.5. The predicted octanol–water partition coefficient (Wildman–Crippen LogP) is 3.55. The van der Waals surface area contributed by atoms with Crippen LogP contribution in [0.4, 0.5) is 5.69 Å². The first kappa shape index (κ1) is 25.9. The highest BCUT2D eigenvalue weighted by Crippen LogP contribution is 2.19. The lowest BCUT2D eigenvalue weighted by molar-refractivity contribution is -0.139. The van der Waals surface area contributed by atoms with Gasteiger partial charge < -0.3 is 10.2 Å². The number of hydrogen-bond acceptors (Lipinski definition) is 4. The van der Waals surface area contributed by atoms with Gasteiger partial charge in [-0.1, -0.05) is 59.6 Å². The van der Waals surface area contributed by atoms with E-state index in [-0.39, 0.29) is 12.5 Å². The summed E-state index contributed by atoms with van der Waals surface area (Å²) < 4.78 is 26.8. The van der Waals surface area contributed by atoms with E-state index >= 15 is 0 Å². The maximum atomic E-state index is 13.4. The molecule has 0 saturated heterocycles. The maximum absolute atomic E-state index is 13.4. The van der Waals surface area contributed by atoms with Gasteiger partial charge >= 0.3 is 0 Å². The minimum Gasteiger partial charge on any atom is -0.354 e. The Kier molecular flexibility index (Phi) is 9.71. The third kappa shape index (κ3) is 7.63. The molecule has 0 radical (unpaired) electrons. The lowest BCUT2D eigenvalue weighted by Gasteiger charge is -2.31. The summed E-state index contributed by atoms with van der Waals surface area (Å²) in [6, 6.07) is 15.1. The molecule has 0 saturated carbocycles. The highest BCUT2D eigenvalue weighted by atomic mass is 79.9. The lowest BCUT2D eigenvalue weighted by Crippen LogP contribution is -2.51. The minimum atomic E-state index is -3.71. The van der Waals surface area contributed by atoms with Gasteiger partial charge in [-0.2, -0.15) is 0 Å². The molecule has 0 heterocycles. The number of benzene rings is 2. The number of rotatable bonds is 11. The number of anilines is 1. The van der Waals surface area contributed by atoms with E-state index in [9.17, 15) is 18.0 Å². The Hall–Kier alpha value is -2.39. The van der Waals surface area contributed by atoms with Gasteiger partial charge in [-0.15, -0.1) is 0 Å². The molecule has 2 aromatic rings. The van der Waals surface area contributed by atoms with Gasteiger partial charge in [-0.25, -0.2) is 8.42 Å². The molecular weight excluding hydrogens is 494 g/mol. The number of amides is 2. The van der Waals surface area contributed by atoms with E-state index in [4.69, 9.17) is 0 Å². The molecule has 0 unspecified atom stereocenters. The van der Waals surface area contributed by atoms with E-state index in [1.165, 1.54) is 4.90 Å². The third-order valence-electron chi connectivity index (χ3n) is 4.96. The van der Waals surface area contributed by atoms with Crippen molar-refractivity contribution in [3.63, 3.8) is 0 Å². The highest BCUT2D eigenvalue weighted by Gasteiger charge is 2.29. The molecule has 1 N–H and O–H groups in total. The smallest absolute Gasteiger partial charge is 0.244 e. The number of nitrogens with one attached hydrogen (secondary N) is 1. The van der Waals surface area contributed by atoms with Crippen molar-refractivity contribution in [2.45, 2.75) is 39.3 Å². The van der Waals surface area contributed by atoms with Crippen LogP contribution in [-0.2, 0) is 26.2 Å². The largest absolute Gasteiger partial charge is 0.354 e. The second-order valence-corrected chi connectivity index (χ2v) is 10.4. The number of para-hydroxylation sites is 1. The first-order chi connectivity index (χ1) is 15.1.